The smallest absolute Gasteiger partial charge is 0.0384 e. The van der Waals surface area contributed by atoms with E-state index in [0.29, 0.717) is 0 Å². The fourth-order valence-electron chi connectivity index (χ4n) is 4.61. The summed E-state index contributed by atoms with van der Waals surface area (Å²) in [4.78, 5) is 0. The summed E-state index contributed by atoms with van der Waals surface area (Å²) < 4.78 is 0. The molecule has 0 aliphatic heterocycles. The second-order valence-electron chi connectivity index (χ2n) is 8.75. The van der Waals surface area contributed by atoms with Crippen molar-refractivity contribution in [1.29, 1.82) is 0 Å². The average molecular weight is 448 g/mol. The van der Waals surface area contributed by atoms with Crippen LogP contribution in [0.5, 0.6) is 0 Å². The summed E-state index contributed by atoms with van der Waals surface area (Å²) in [6, 6.07) is 51.6. The van der Waals surface area contributed by atoms with Crippen LogP contribution in [0.4, 0.5) is 11.4 Å². The van der Waals surface area contributed by atoms with E-state index in [1.165, 1.54) is 44.2 Å². The molecule has 6 aromatic rings. The summed E-state index contributed by atoms with van der Waals surface area (Å²) in [5, 5.41) is 6.07. The predicted octanol–water partition coefficient (Wildman–Crippen LogP) is 9.58. The van der Waals surface area contributed by atoms with Gasteiger partial charge in [0.05, 0.1) is 0 Å². The van der Waals surface area contributed by atoms with Crippen molar-refractivity contribution in [2.45, 2.75) is 0 Å². The van der Waals surface area contributed by atoms with Gasteiger partial charge in [-0.15, -0.1) is 0 Å². The van der Waals surface area contributed by atoms with Crippen LogP contribution in [-0.2, 0) is 0 Å². The molecule has 35 heavy (non-hydrogen) atoms. The lowest BCUT2D eigenvalue weighted by atomic mass is 9.96. The fourth-order valence-corrected chi connectivity index (χ4v) is 4.61. The molecule has 0 unspecified atom stereocenters. The molecule has 0 heterocycles. The van der Waals surface area contributed by atoms with E-state index in [1.807, 2.05) is 6.07 Å². The quantitative estimate of drug-likeness (QED) is 0.277. The lowest BCUT2D eigenvalue weighted by molar-refractivity contribution is 1.53. The van der Waals surface area contributed by atoms with Gasteiger partial charge < -0.3 is 5.32 Å². The first-order chi connectivity index (χ1) is 17.3. The molecule has 6 aromatic carbocycles. The van der Waals surface area contributed by atoms with E-state index in [0.717, 1.165) is 11.4 Å². The van der Waals surface area contributed by atoms with Gasteiger partial charge in [0, 0.05) is 11.4 Å². The molecule has 0 amide bonds. The molecule has 1 heteroatoms. The number of hydrogen-bond donors (Lipinski definition) is 1. The highest BCUT2D eigenvalue weighted by Crippen LogP contribution is 2.31. The molecule has 166 valence electrons. The molecule has 0 bridgehead atoms. The van der Waals surface area contributed by atoms with Gasteiger partial charge in [0.15, 0.2) is 0 Å². The SMILES string of the molecule is c1ccc(-c2ccc(Nc3ccc(-c4ccc(-c5cccc6ccccc56)cc4)cc3)cc2)cc1. The Morgan fingerprint density at radius 3 is 1.40 bits per heavy atom. The van der Waals surface area contributed by atoms with Gasteiger partial charge in [0.25, 0.3) is 0 Å². The van der Waals surface area contributed by atoms with Crippen LogP contribution in [0.2, 0.25) is 0 Å². The van der Waals surface area contributed by atoms with Gasteiger partial charge in [0.2, 0.25) is 0 Å². The van der Waals surface area contributed by atoms with Gasteiger partial charge in [-0.1, -0.05) is 121 Å². The van der Waals surface area contributed by atoms with Crippen LogP contribution in [0, 0.1) is 0 Å². The number of hydrogen-bond acceptors (Lipinski definition) is 1. The Balaban J connectivity index is 1.18. The molecule has 0 aliphatic rings. The molecular formula is C34H25N. The molecular weight excluding hydrogens is 422 g/mol. The molecule has 0 radical (unpaired) electrons. The number of fused-ring (bicyclic) bond motifs is 1. The fraction of sp³-hybridized carbons (Fsp3) is 0. The third kappa shape index (κ3) is 4.45. The first-order valence-electron chi connectivity index (χ1n) is 11.9. The van der Waals surface area contributed by atoms with Gasteiger partial charge in [-0.3, -0.25) is 0 Å². The van der Waals surface area contributed by atoms with Crippen molar-refractivity contribution >= 4 is 22.1 Å². The van der Waals surface area contributed by atoms with Gasteiger partial charge in [0.1, 0.15) is 0 Å². The summed E-state index contributed by atoms with van der Waals surface area (Å²) in [6.07, 6.45) is 0. The van der Waals surface area contributed by atoms with E-state index in [1.54, 1.807) is 0 Å². The Kier molecular flexibility index (Phi) is 5.58. The maximum absolute atomic E-state index is 3.51. The van der Waals surface area contributed by atoms with Gasteiger partial charge >= 0.3 is 0 Å². The molecule has 0 fully saturated rings. The van der Waals surface area contributed by atoms with Crippen LogP contribution in [0.1, 0.15) is 0 Å². The van der Waals surface area contributed by atoms with E-state index in [4.69, 9.17) is 0 Å². The zero-order chi connectivity index (χ0) is 23.5. The first-order valence-corrected chi connectivity index (χ1v) is 11.9. The highest BCUT2D eigenvalue weighted by Gasteiger charge is 2.05. The summed E-state index contributed by atoms with van der Waals surface area (Å²) in [5.41, 5.74) is 9.54. The predicted molar refractivity (Wildman–Crippen MR) is 150 cm³/mol. The van der Waals surface area contributed by atoms with E-state index >= 15 is 0 Å². The minimum absolute atomic E-state index is 1.08. The van der Waals surface area contributed by atoms with Crippen molar-refractivity contribution in [1.82, 2.24) is 0 Å². The normalized spacial score (nSPS) is 10.9. The van der Waals surface area contributed by atoms with E-state index in [-0.39, 0.29) is 0 Å². The van der Waals surface area contributed by atoms with E-state index < -0.39 is 0 Å². The Morgan fingerprint density at radius 1 is 0.314 bits per heavy atom. The standard InChI is InChI=1S/C34H25N/c1-2-7-25(8-3-1)27-17-21-31(22-18-27)35-32-23-19-28(20-24-32)26-13-15-30(16-14-26)34-12-6-10-29-9-4-5-11-33(29)34/h1-24,35H. The van der Waals surface area contributed by atoms with Crippen molar-refractivity contribution in [2.75, 3.05) is 5.32 Å². The number of rotatable bonds is 5. The van der Waals surface area contributed by atoms with Crippen LogP contribution < -0.4 is 5.32 Å². The van der Waals surface area contributed by atoms with Gasteiger partial charge in [-0.2, -0.15) is 0 Å². The lowest BCUT2D eigenvalue weighted by Crippen LogP contribution is -1.90. The number of nitrogens with one attached hydrogen (secondary N) is 1. The minimum atomic E-state index is 1.08. The summed E-state index contributed by atoms with van der Waals surface area (Å²) in [6.45, 7) is 0. The van der Waals surface area contributed by atoms with Crippen LogP contribution in [0.3, 0.4) is 0 Å². The Labute approximate surface area is 206 Å². The molecule has 0 aliphatic carbocycles. The topological polar surface area (TPSA) is 12.0 Å². The van der Waals surface area contributed by atoms with Crippen molar-refractivity contribution in [3.63, 3.8) is 0 Å². The van der Waals surface area contributed by atoms with E-state index in [9.17, 15) is 0 Å². The summed E-state index contributed by atoms with van der Waals surface area (Å²) in [7, 11) is 0. The Hall–Kier alpha value is -4.62. The third-order valence-electron chi connectivity index (χ3n) is 6.48. The molecule has 0 aromatic heterocycles. The zero-order valence-corrected chi connectivity index (χ0v) is 19.4. The van der Waals surface area contributed by atoms with Crippen LogP contribution >= 0.6 is 0 Å². The van der Waals surface area contributed by atoms with Crippen molar-refractivity contribution in [3.8, 4) is 33.4 Å². The summed E-state index contributed by atoms with van der Waals surface area (Å²) in [5.74, 6) is 0. The number of benzene rings is 6. The largest absolute Gasteiger partial charge is 0.356 e. The molecule has 1 N–H and O–H groups in total. The van der Waals surface area contributed by atoms with Gasteiger partial charge in [-0.25, -0.2) is 0 Å². The van der Waals surface area contributed by atoms with Crippen LogP contribution in [-0.4, -0.2) is 0 Å². The van der Waals surface area contributed by atoms with Crippen molar-refractivity contribution in [3.05, 3.63) is 146 Å². The van der Waals surface area contributed by atoms with Crippen LogP contribution in [0.15, 0.2) is 146 Å². The van der Waals surface area contributed by atoms with Crippen molar-refractivity contribution < 1.29 is 0 Å². The summed E-state index contributed by atoms with van der Waals surface area (Å²) >= 11 is 0. The highest BCUT2D eigenvalue weighted by molar-refractivity contribution is 5.96. The molecule has 0 saturated carbocycles. The number of anilines is 2. The molecule has 0 atom stereocenters. The minimum Gasteiger partial charge on any atom is -0.356 e. The second kappa shape index (κ2) is 9.32. The third-order valence-corrected chi connectivity index (χ3v) is 6.48. The van der Waals surface area contributed by atoms with Crippen LogP contribution in [0.25, 0.3) is 44.2 Å². The monoisotopic (exact) mass is 447 g/mol. The highest BCUT2D eigenvalue weighted by atomic mass is 14.9. The maximum Gasteiger partial charge on any atom is 0.0384 e. The lowest BCUT2D eigenvalue weighted by Gasteiger charge is -2.10. The molecule has 6 rings (SSSR count). The van der Waals surface area contributed by atoms with Crippen molar-refractivity contribution in [2.24, 2.45) is 0 Å². The average Bonchev–Trinajstić information content (AvgIpc) is 2.94. The molecule has 0 saturated heterocycles. The molecule has 1 nitrogen and oxygen atoms in total. The molecule has 0 spiro atoms. The maximum atomic E-state index is 3.51. The Bertz CT molecular complexity index is 1560. The Morgan fingerprint density at radius 2 is 0.771 bits per heavy atom. The van der Waals surface area contributed by atoms with E-state index in [2.05, 4.69) is 145 Å². The first kappa shape index (κ1) is 20.9. The second-order valence-corrected chi connectivity index (χ2v) is 8.75. The zero-order valence-electron chi connectivity index (χ0n) is 19.4. The van der Waals surface area contributed by atoms with Gasteiger partial charge in [-0.05, 0) is 68.4 Å².